The Balaban J connectivity index is 1.74. The maximum atomic E-state index is 12.8. The molecule has 3 rings (SSSR count). The lowest BCUT2D eigenvalue weighted by Gasteiger charge is -2.49. The molecule has 0 aromatic rings. The van der Waals surface area contributed by atoms with Crippen LogP contribution in [0.3, 0.4) is 0 Å². The summed E-state index contributed by atoms with van der Waals surface area (Å²) in [5.74, 6) is -0.0637. The zero-order valence-electron chi connectivity index (χ0n) is 18.0. The lowest BCUT2D eigenvalue weighted by molar-refractivity contribution is -0.162. The van der Waals surface area contributed by atoms with Crippen molar-refractivity contribution in [2.45, 2.75) is 84.2 Å². The lowest BCUT2D eigenvalue weighted by Crippen LogP contribution is -2.54. The number of carbonyl (C=O) groups excluding carboxylic acids is 3. The standard InChI is InChI=1S/C24H34O5/c1-4-5-6-19(26)14-17-7-8-20-18(13-17)9-11-23(3)21(20)10-12-24(23,28)22(27)15-29-16(2)25/h9,14,20-21,28H,4-8,10-13,15H2,1-3H3/b17-14-/t20?,21?,23-,24-/m0/s1. The second-order valence-electron chi connectivity index (χ2n) is 9.30. The summed E-state index contributed by atoms with van der Waals surface area (Å²) < 4.78 is 4.89. The molecule has 1 N–H and O–H groups in total. The third-order valence-electron chi connectivity index (χ3n) is 7.55. The monoisotopic (exact) mass is 402 g/mol. The maximum absolute atomic E-state index is 12.8. The van der Waals surface area contributed by atoms with Crippen LogP contribution < -0.4 is 0 Å². The molecule has 160 valence electrons. The number of rotatable bonds is 7. The molecule has 3 aliphatic carbocycles. The second kappa shape index (κ2) is 8.55. The zero-order valence-corrected chi connectivity index (χ0v) is 18.0. The molecule has 2 saturated carbocycles. The highest BCUT2D eigenvalue weighted by atomic mass is 16.5. The number of allylic oxidation sites excluding steroid dienone is 4. The first-order valence-electron chi connectivity index (χ1n) is 11.0. The van der Waals surface area contributed by atoms with E-state index in [0.717, 1.165) is 38.5 Å². The predicted octanol–water partition coefficient (Wildman–Crippen LogP) is 4.08. The van der Waals surface area contributed by atoms with Gasteiger partial charge in [0.1, 0.15) is 5.60 Å². The van der Waals surface area contributed by atoms with Crippen molar-refractivity contribution in [3.8, 4) is 0 Å². The van der Waals surface area contributed by atoms with Gasteiger partial charge in [-0.1, -0.05) is 37.5 Å². The predicted molar refractivity (Wildman–Crippen MR) is 110 cm³/mol. The summed E-state index contributed by atoms with van der Waals surface area (Å²) in [6.07, 6.45) is 11.2. The van der Waals surface area contributed by atoms with Gasteiger partial charge in [0.05, 0.1) is 0 Å². The van der Waals surface area contributed by atoms with Crippen molar-refractivity contribution in [1.29, 1.82) is 0 Å². The van der Waals surface area contributed by atoms with Gasteiger partial charge in [0.15, 0.2) is 12.4 Å². The maximum Gasteiger partial charge on any atom is 0.303 e. The number of aliphatic hydroxyl groups is 1. The summed E-state index contributed by atoms with van der Waals surface area (Å²) in [5.41, 5.74) is 0.610. The molecule has 5 nitrogen and oxygen atoms in total. The zero-order chi connectivity index (χ0) is 21.2. The van der Waals surface area contributed by atoms with Gasteiger partial charge >= 0.3 is 5.97 Å². The normalized spacial score (nSPS) is 34.9. The van der Waals surface area contributed by atoms with E-state index in [-0.39, 0.29) is 24.1 Å². The van der Waals surface area contributed by atoms with Crippen molar-refractivity contribution in [3.05, 3.63) is 23.3 Å². The highest BCUT2D eigenvalue weighted by molar-refractivity contribution is 5.91. The first kappa shape index (κ1) is 21.9. The average molecular weight is 403 g/mol. The highest BCUT2D eigenvalue weighted by Gasteiger charge is 2.62. The number of Topliss-reactive ketones (excluding diaryl/α,β-unsaturated/α-hetero) is 1. The van der Waals surface area contributed by atoms with E-state index >= 15 is 0 Å². The molecule has 2 fully saturated rings. The number of esters is 1. The molecule has 0 aromatic heterocycles. The SMILES string of the molecule is CCCCC(=O)/C=C1/CCC2C(=CC[C@@]3(C)C2CC[C@]3(O)C(=O)COC(C)=O)C1. The molecule has 0 aromatic carbocycles. The van der Waals surface area contributed by atoms with Gasteiger partial charge in [-0.25, -0.2) is 0 Å². The Hall–Kier alpha value is -1.75. The topological polar surface area (TPSA) is 80.7 Å². The van der Waals surface area contributed by atoms with Crippen LogP contribution in [0.5, 0.6) is 0 Å². The molecule has 0 radical (unpaired) electrons. The summed E-state index contributed by atoms with van der Waals surface area (Å²) in [5, 5.41) is 11.3. The van der Waals surface area contributed by atoms with Gasteiger partial charge in [-0.15, -0.1) is 0 Å². The number of ether oxygens (including phenoxy) is 1. The van der Waals surface area contributed by atoms with Gasteiger partial charge in [0.25, 0.3) is 0 Å². The van der Waals surface area contributed by atoms with E-state index in [0.29, 0.717) is 25.2 Å². The number of ketones is 2. The van der Waals surface area contributed by atoms with Crippen molar-refractivity contribution in [3.63, 3.8) is 0 Å². The van der Waals surface area contributed by atoms with Gasteiger partial charge in [0.2, 0.25) is 5.78 Å². The second-order valence-corrected chi connectivity index (χ2v) is 9.30. The molecular formula is C24H34O5. The third kappa shape index (κ3) is 4.11. The summed E-state index contributed by atoms with van der Waals surface area (Å²) in [4.78, 5) is 36.0. The van der Waals surface area contributed by atoms with Crippen molar-refractivity contribution < 1.29 is 24.2 Å². The van der Waals surface area contributed by atoms with E-state index in [1.54, 1.807) is 0 Å². The molecule has 0 aliphatic heterocycles. The largest absolute Gasteiger partial charge is 0.458 e. The number of carbonyl (C=O) groups is 3. The molecule has 0 heterocycles. The summed E-state index contributed by atoms with van der Waals surface area (Å²) >= 11 is 0. The van der Waals surface area contributed by atoms with Crippen LogP contribution in [0.15, 0.2) is 23.3 Å². The first-order chi connectivity index (χ1) is 13.7. The van der Waals surface area contributed by atoms with Crippen molar-refractivity contribution in [2.24, 2.45) is 17.3 Å². The fourth-order valence-corrected chi connectivity index (χ4v) is 5.79. The summed E-state index contributed by atoms with van der Waals surface area (Å²) in [6, 6.07) is 0. The third-order valence-corrected chi connectivity index (χ3v) is 7.55. The van der Waals surface area contributed by atoms with E-state index in [9.17, 15) is 19.5 Å². The van der Waals surface area contributed by atoms with E-state index in [2.05, 4.69) is 13.0 Å². The molecule has 0 amide bonds. The molecule has 0 saturated heterocycles. The molecule has 0 spiro atoms. The number of hydrogen-bond acceptors (Lipinski definition) is 5. The van der Waals surface area contributed by atoms with Gasteiger partial charge in [-0.05, 0) is 62.9 Å². The summed E-state index contributed by atoms with van der Waals surface area (Å²) in [6.45, 7) is 5.02. The lowest BCUT2D eigenvalue weighted by atomic mass is 9.57. The molecular weight excluding hydrogens is 368 g/mol. The van der Waals surface area contributed by atoms with Crippen LogP contribution in [-0.2, 0) is 19.1 Å². The summed E-state index contributed by atoms with van der Waals surface area (Å²) in [7, 11) is 0. The fourth-order valence-electron chi connectivity index (χ4n) is 5.79. The van der Waals surface area contributed by atoms with E-state index in [4.69, 9.17) is 4.74 Å². The number of hydrogen-bond donors (Lipinski definition) is 1. The van der Waals surface area contributed by atoms with Crippen LogP contribution in [0.2, 0.25) is 0 Å². The average Bonchev–Trinajstić information content (AvgIpc) is 2.96. The van der Waals surface area contributed by atoms with Crippen molar-refractivity contribution >= 4 is 17.5 Å². The van der Waals surface area contributed by atoms with E-state index < -0.39 is 17.0 Å². The Morgan fingerprint density at radius 1 is 1.31 bits per heavy atom. The van der Waals surface area contributed by atoms with Crippen LogP contribution >= 0.6 is 0 Å². The van der Waals surface area contributed by atoms with Crippen molar-refractivity contribution in [1.82, 2.24) is 0 Å². The molecule has 3 aliphatic rings. The van der Waals surface area contributed by atoms with Crippen LogP contribution in [0.25, 0.3) is 0 Å². The molecule has 0 bridgehead atoms. The Labute approximate surface area is 173 Å². The fraction of sp³-hybridized carbons (Fsp3) is 0.708. The highest BCUT2D eigenvalue weighted by Crippen LogP contribution is 2.61. The minimum atomic E-state index is -1.44. The molecule has 4 atom stereocenters. The Bertz CT molecular complexity index is 748. The van der Waals surface area contributed by atoms with Crippen molar-refractivity contribution in [2.75, 3.05) is 6.61 Å². The quantitative estimate of drug-likeness (QED) is 0.394. The number of unbranched alkanes of at least 4 members (excludes halogenated alkanes) is 1. The van der Waals surface area contributed by atoms with Crippen LogP contribution in [-0.4, -0.2) is 34.9 Å². The smallest absolute Gasteiger partial charge is 0.303 e. The molecule has 2 unspecified atom stereocenters. The Kier molecular flexibility index (Phi) is 6.47. The molecule has 29 heavy (non-hydrogen) atoms. The minimum absolute atomic E-state index is 0.229. The van der Waals surface area contributed by atoms with E-state index in [1.165, 1.54) is 18.1 Å². The Morgan fingerprint density at radius 2 is 2.07 bits per heavy atom. The van der Waals surface area contributed by atoms with Gasteiger partial charge in [-0.3, -0.25) is 14.4 Å². The van der Waals surface area contributed by atoms with Gasteiger partial charge in [0, 0.05) is 18.8 Å². The van der Waals surface area contributed by atoms with E-state index in [1.807, 2.05) is 13.0 Å². The number of fused-ring (bicyclic) bond motifs is 3. The first-order valence-corrected chi connectivity index (χ1v) is 11.0. The Morgan fingerprint density at radius 3 is 2.76 bits per heavy atom. The van der Waals surface area contributed by atoms with Gasteiger partial charge < -0.3 is 9.84 Å². The van der Waals surface area contributed by atoms with Crippen LogP contribution in [0.4, 0.5) is 0 Å². The van der Waals surface area contributed by atoms with Gasteiger partial charge in [-0.2, -0.15) is 0 Å². The van der Waals surface area contributed by atoms with Crippen LogP contribution in [0.1, 0.15) is 78.6 Å². The minimum Gasteiger partial charge on any atom is -0.458 e. The van der Waals surface area contributed by atoms with Crippen LogP contribution in [0, 0.1) is 17.3 Å². The molecule has 5 heteroatoms.